The van der Waals surface area contributed by atoms with Gasteiger partial charge in [0.2, 0.25) is 0 Å². The van der Waals surface area contributed by atoms with Gasteiger partial charge in [0.25, 0.3) is 15.0 Å². The van der Waals surface area contributed by atoms with Crippen molar-refractivity contribution in [3.05, 3.63) is 29.3 Å². The second-order valence-corrected chi connectivity index (χ2v) is 8.02. The molecule has 0 heterocycles. The predicted octanol–water partition coefficient (Wildman–Crippen LogP) is 3.10. The van der Waals surface area contributed by atoms with Gasteiger partial charge in [-0.2, -0.15) is 0 Å². The van der Waals surface area contributed by atoms with E-state index in [4.69, 9.17) is 10.7 Å². The van der Waals surface area contributed by atoms with Crippen LogP contribution in [-0.4, -0.2) is 20.9 Å². The van der Waals surface area contributed by atoms with Gasteiger partial charge in [0.1, 0.15) is 0 Å². The molecule has 0 radical (unpaired) electrons. The standard InChI is InChI=1S/C15H20ClNO3S/c1-2-12-6-7-13(21(16,19)20)10-14(12)15(18)17-9-8-11-4-3-5-11/h6-7,10-11H,2-5,8-9H2,1H3,(H,17,18). The van der Waals surface area contributed by atoms with Crippen molar-refractivity contribution in [3.8, 4) is 0 Å². The highest BCUT2D eigenvalue weighted by Crippen LogP contribution is 2.28. The lowest BCUT2D eigenvalue weighted by atomic mass is 9.83. The minimum atomic E-state index is -3.82. The number of aryl methyl sites for hydroxylation is 1. The molecule has 0 saturated heterocycles. The van der Waals surface area contributed by atoms with Crippen LogP contribution in [0.1, 0.15) is 48.5 Å². The molecule has 2 rings (SSSR count). The Morgan fingerprint density at radius 1 is 1.38 bits per heavy atom. The first-order valence-corrected chi connectivity index (χ1v) is 9.58. The van der Waals surface area contributed by atoms with Crippen molar-refractivity contribution >= 4 is 25.6 Å². The maximum Gasteiger partial charge on any atom is 0.261 e. The van der Waals surface area contributed by atoms with Crippen LogP contribution in [0.15, 0.2) is 23.1 Å². The Hall–Kier alpha value is -1.07. The number of halogens is 1. The molecule has 0 spiro atoms. The predicted molar refractivity (Wildman–Crippen MR) is 83.2 cm³/mol. The van der Waals surface area contributed by atoms with Gasteiger partial charge < -0.3 is 5.32 Å². The van der Waals surface area contributed by atoms with Crippen LogP contribution in [0.4, 0.5) is 0 Å². The number of rotatable bonds is 6. The van der Waals surface area contributed by atoms with E-state index in [1.807, 2.05) is 6.92 Å². The van der Waals surface area contributed by atoms with Crippen LogP contribution >= 0.6 is 10.7 Å². The lowest BCUT2D eigenvalue weighted by Gasteiger charge is -2.25. The molecule has 0 bridgehead atoms. The zero-order valence-electron chi connectivity index (χ0n) is 12.1. The molecule has 116 valence electrons. The third-order valence-corrected chi connectivity index (χ3v) is 5.40. The lowest BCUT2D eigenvalue weighted by Crippen LogP contribution is -2.28. The Morgan fingerprint density at radius 3 is 2.62 bits per heavy atom. The molecule has 1 saturated carbocycles. The fourth-order valence-corrected chi connectivity index (χ4v) is 3.27. The van der Waals surface area contributed by atoms with Crippen molar-refractivity contribution in [1.82, 2.24) is 5.32 Å². The summed E-state index contributed by atoms with van der Waals surface area (Å²) in [6.45, 7) is 2.56. The summed E-state index contributed by atoms with van der Waals surface area (Å²) in [5, 5.41) is 2.87. The molecule has 1 N–H and O–H groups in total. The van der Waals surface area contributed by atoms with E-state index in [1.54, 1.807) is 6.07 Å². The number of hydrogen-bond donors (Lipinski definition) is 1. The largest absolute Gasteiger partial charge is 0.352 e. The van der Waals surface area contributed by atoms with Crippen LogP contribution in [0, 0.1) is 5.92 Å². The smallest absolute Gasteiger partial charge is 0.261 e. The van der Waals surface area contributed by atoms with Gasteiger partial charge in [-0.25, -0.2) is 8.42 Å². The van der Waals surface area contributed by atoms with Crippen molar-refractivity contribution in [2.45, 2.75) is 43.9 Å². The lowest BCUT2D eigenvalue weighted by molar-refractivity contribution is 0.0948. The van der Waals surface area contributed by atoms with Gasteiger partial charge in [0, 0.05) is 22.8 Å². The minimum Gasteiger partial charge on any atom is -0.352 e. The third-order valence-electron chi connectivity index (χ3n) is 4.05. The van der Waals surface area contributed by atoms with Gasteiger partial charge in [0.05, 0.1) is 4.90 Å². The van der Waals surface area contributed by atoms with E-state index in [-0.39, 0.29) is 10.8 Å². The van der Waals surface area contributed by atoms with Gasteiger partial charge in [-0.05, 0) is 36.5 Å². The summed E-state index contributed by atoms with van der Waals surface area (Å²) >= 11 is 0. The first-order valence-electron chi connectivity index (χ1n) is 7.27. The van der Waals surface area contributed by atoms with Crippen LogP contribution in [0.5, 0.6) is 0 Å². The van der Waals surface area contributed by atoms with Gasteiger partial charge in [-0.3, -0.25) is 4.79 Å². The molecule has 4 nitrogen and oxygen atoms in total. The molecule has 1 aliphatic carbocycles. The first kappa shape index (κ1) is 16.3. The monoisotopic (exact) mass is 329 g/mol. The molecule has 21 heavy (non-hydrogen) atoms. The van der Waals surface area contributed by atoms with E-state index in [0.29, 0.717) is 18.5 Å². The molecule has 0 atom stereocenters. The molecule has 0 unspecified atom stereocenters. The van der Waals surface area contributed by atoms with E-state index in [1.165, 1.54) is 31.4 Å². The molecule has 1 aromatic carbocycles. The van der Waals surface area contributed by atoms with Crippen LogP contribution in [0.25, 0.3) is 0 Å². The second-order valence-electron chi connectivity index (χ2n) is 5.45. The summed E-state index contributed by atoms with van der Waals surface area (Å²) < 4.78 is 22.8. The average Bonchev–Trinajstić information content (AvgIpc) is 2.39. The number of hydrogen-bond acceptors (Lipinski definition) is 3. The summed E-state index contributed by atoms with van der Waals surface area (Å²) in [6.07, 6.45) is 5.43. The summed E-state index contributed by atoms with van der Waals surface area (Å²) in [4.78, 5) is 12.2. The summed E-state index contributed by atoms with van der Waals surface area (Å²) in [5.74, 6) is 0.499. The van der Waals surface area contributed by atoms with Gasteiger partial charge in [-0.1, -0.05) is 32.3 Å². The number of benzene rings is 1. The highest BCUT2D eigenvalue weighted by Gasteiger charge is 2.19. The number of amides is 1. The number of carbonyl (C=O) groups excluding carboxylic acids is 1. The first-order chi connectivity index (χ1) is 9.91. The van der Waals surface area contributed by atoms with Crippen LogP contribution in [-0.2, 0) is 15.5 Å². The fourth-order valence-electron chi connectivity index (χ4n) is 2.49. The Bertz CT molecular complexity index is 624. The van der Waals surface area contributed by atoms with E-state index in [9.17, 15) is 13.2 Å². The maximum atomic E-state index is 12.2. The van der Waals surface area contributed by atoms with Crippen molar-refractivity contribution in [2.75, 3.05) is 6.54 Å². The Kier molecular flexibility index (Phi) is 5.27. The third kappa shape index (κ3) is 4.20. The second kappa shape index (κ2) is 6.79. The van der Waals surface area contributed by atoms with Crippen LogP contribution < -0.4 is 5.32 Å². The average molecular weight is 330 g/mol. The molecule has 0 aliphatic heterocycles. The molecule has 6 heteroatoms. The van der Waals surface area contributed by atoms with Crippen molar-refractivity contribution in [2.24, 2.45) is 5.92 Å². The summed E-state index contributed by atoms with van der Waals surface area (Å²) in [5.41, 5.74) is 1.22. The molecule has 1 aliphatic rings. The van der Waals surface area contributed by atoms with E-state index < -0.39 is 9.05 Å². The number of carbonyl (C=O) groups is 1. The topological polar surface area (TPSA) is 63.2 Å². The van der Waals surface area contributed by atoms with Gasteiger partial charge >= 0.3 is 0 Å². The van der Waals surface area contributed by atoms with E-state index in [0.717, 1.165) is 17.9 Å². The van der Waals surface area contributed by atoms with E-state index in [2.05, 4.69) is 5.32 Å². The van der Waals surface area contributed by atoms with E-state index >= 15 is 0 Å². The highest BCUT2D eigenvalue weighted by atomic mass is 35.7. The van der Waals surface area contributed by atoms with Crippen LogP contribution in [0.3, 0.4) is 0 Å². The zero-order valence-corrected chi connectivity index (χ0v) is 13.6. The SMILES string of the molecule is CCc1ccc(S(=O)(=O)Cl)cc1C(=O)NCCC1CCC1. The minimum absolute atomic E-state index is 0.0366. The molecular weight excluding hydrogens is 310 g/mol. The Morgan fingerprint density at radius 2 is 2.10 bits per heavy atom. The molecule has 1 aromatic rings. The Labute approximate surface area is 130 Å². The zero-order chi connectivity index (χ0) is 15.5. The summed E-state index contributed by atoms with van der Waals surface area (Å²) in [7, 11) is 1.52. The quantitative estimate of drug-likeness (QED) is 0.816. The van der Waals surface area contributed by atoms with Crippen molar-refractivity contribution in [3.63, 3.8) is 0 Å². The molecule has 1 fully saturated rings. The number of nitrogens with one attached hydrogen (secondary N) is 1. The molecule has 0 aromatic heterocycles. The van der Waals surface area contributed by atoms with Crippen LogP contribution in [0.2, 0.25) is 0 Å². The van der Waals surface area contributed by atoms with Crippen molar-refractivity contribution in [1.29, 1.82) is 0 Å². The Balaban J connectivity index is 2.09. The highest BCUT2D eigenvalue weighted by molar-refractivity contribution is 8.13. The molecular formula is C15H20ClNO3S. The van der Waals surface area contributed by atoms with Crippen molar-refractivity contribution < 1.29 is 13.2 Å². The fraction of sp³-hybridized carbons (Fsp3) is 0.533. The molecule has 1 amide bonds. The van der Waals surface area contributed by atoms with Gasteiger partial charge in [0.15, 0.2) is 0 Å². The van der Waals surface area contributed by atoms with Gasteiger partial charge in [-0.15, -0.1) is 0 Å². The summed E-state index contributed by atoms with van der Waals surface area (Å²) in [6, 6.07) is 4.45. The maximum absolute atomic E-state index is 12.2. The normalized spacial score (nSPS) is 15.5.